The highest BCUT2D eigenvalue weighted by Gasteiger charge is 1.98. The Morgan fingerprint density at radius 1 is 0.513 bits per heavy atom. The summed E-state index contributed by atoms with van der Waals surface area (Å²) in [5.41, 5.74) is 1.92. The second kappa shape index (κ2) is 23.5. The first-order chi connectivity index (χ1) is 19.3. The summed E-state index contributed by atoms with van der Waals surface area (Å²) < 4.78 is 27.8. The lowest BCUT2D eigenvalue weighted by atomic mass is 10.1. The van der Waals surface area contributed by atoms with Crippen molar-refractivity contribution >= 4 is 11.9 Å². The van der Waals surface area contributed by atoms with Crippen LogP contribution in [0.1, 0.15) is 83.6 Å². The molecule has 39 heavy (non-hydrogen) atoms. The minimum absolute atomic E-state index is 0.495. The van der Waals surface area contributed by atoms with Crippen LogP contribution in [0.15, 0.2) is 53.5 Å². The Kier molecular flexibility index (Phi) is 19.7. The predicted octanol–water partition coefficient (Wildman–Crippen LogP) is 8.19. The van der Waals surface area contributed by atoms with Crippen LogP contribution in [0.4, 0.5) is 5.69 Å². The fourth-order valence-electron chi connectivity index (χ4n) is 4.01. The van der Waals surface area contributed by atoms with Gasteiger partial charge in [-0.1, -0.05) is 64.7 Å². The van der Waals surface area contributed by atoms with Gasteiger partial charge in [-0.2, -0.15) is 0 Å². The molecule has 0 spiro atoms. The van der Waals surface area contributed by atoms with E-state index in [0.29, 0.717) is 46.2 Å². The summed E-state index contributed by atoms with van der Waals surface area (Å²) in [5.74, 6) is 1.72. The van der Waals surface area contributed by atoms with E-state index in [4.69, 9.17) is 23.7 Å². The molecule has 0 bridgehead atoms. The summed E-state index contributed by atoms with van der Waals surface area (Å²) in [6, 6.07) is 15.9. The fraction of sp³-hybridized carbons (Fsp3) is 0.606. The Labute approximate surface area is 237 Å². The number of hydrogen-bond acceptors (Lipinski definition) is 6. The summed E-state index contributed by atoms with van der Waals surface area (Å²) in [6.45, 7) is 9.10. The maximum atomic E-state index is 5.91. The molecule has 0 aliphatic carbocycles. The molecule has 0 aliphatic heterocycles. The standard InChI is InChI=1S/C33H51NO5/c1-3-5-6-7-8-9-10-11-12-13-22-38-32-18-14-30(15-19-32)29-34-31-16-20-33(21-17-31)39-28-27-37-26-25-36-24-23-35-4-2/h14-21,29H,3-13,22-28H2,1-2H3. The van der Waals surface area contributed by atoms with Gasteiger partial charge in [0.15, 0.2) is 0 Å². The second-order valence-corrected chi connectivity index (χ2v) is 9.62. The third-order valence-electron chi connectivity index (χ3n) is 6.29. The molecule has 2 aromatic rings. The Hall–Kier alpha value is -2.41. The SMILES string of the molecule is CCCCCCCCCCCCOc1ccc(C=Nc2ccc(OCCOCCOCCOCC)cc2)cc1. The Bertz CT molecular complexity index is 838. The van der Waals surface area contributed by atoms with Gasteiger partial charge in [0.2, 0.25) is 0 Å². The Balaban J connectivity index is 1.51. The number of ether oxygens (including phenoxy) is 5. The molecule has 0 radical (unpaired) electrons. The first-order valence-electron chi connectivity index (χ1n) is 15.0. The monoisotopic (exact) mass is 541 g/mol. The smallest absolute Gasteiger partial charge is 0.119 e. The second-order valence-electron chi connectivity index (χ2n) is 9.62. The first kappa shape index (κ1) is 32.8. The third kappa shape index (κ3) is 17.7. The Morgan fingerprint density at radius 2 is 1.00 bits per heavy atom. The Morgan fingerprint density at radius 3 is 1.59 bits per heavy atom. The molecule has 0 aliphatic rings. The van der Waals surface area contributed by atoms with E-state index in [2.05, 4.69) is 11.9 Å². The van der Waals surface area contributed by atoms with E-state index in [1.807, 2.05) is 61.7 Å². The minimum atomic E-state index is 0.495. The van der Waals surface area contributed by atoms with Crippen LogP contribution in [0.3, 0.4) is 0 Å². The predicted molar refractivity (Wildman–Crippen MR) is 161 cm³/mol. The van der Waals surface area contributed by atoms with Crippen LogP contribution in [0.2, 0.25) is 0 Å². The zero-order valence-corrected chi connectivity index (χ0v) is 24.4. The van der Waals surface area contributed by atoms with Crippen molar-refractivity contribution < 1.29 is 23.7 Å². The minimum Gasteiger partial charge on any atom is -0.494 e. The fourth-order valence-corrected chi connectivity index (χ4v) is 4.01. The quantitative estimate of drug-likeness (QED) is 0.0937. The lowest BCUT2D eigenvalue weighted by Crippen LogP contribution is -2.12. The topological polar surface area (TPSA) is 58.5 Å². The molecule has 0 N–H and O–H groups in total. The molecule has 0 saturated carbocycles. The zero-order valence-electron chi connectivity index (χ0n) is 24.4. The van der Waals surface area contributed by atoms with Crippen molar-refractivity contribution in [2.45, 2.75) is 78.1 Å². The summed E-state index contributed by atoms with van der Waals surface area (Å²) in [7, 11) is 0. The van der Waals surface area contributed by atoms with E-state index in [1.165, 1.54) is 57.8 Å². The van der Waals surface area contributed by atoms with Gasteiger partial charge in [-0.25, -0.2) is 0 Å². The molecule has 0 atom stereocenters. The van der Waals surface area contributed by atoms with Gasteiger partial charge in [0.25, 0.3) is 0 Å². The molecule has 0 aromatic heterocycles. The first-order valence-corrected chi connectivity index (χ1v) is 15.0. The molecule has 0 heterocycles. The van der Waals surface area contributed by atoms with Crippen LogP contribution in [0, 0.1) is 0 Å². The summed E-state index contributed by atoms with van der Waals surface area (Å²) >= 11 is 0. The third-order valence-corrected chi connectivity index (χ3v) is 6.29. The molecule has 0 saturated heterocycles. The molecule has 0 fully saturated rings. The summed E-state index contributed by atoms with van der Waals surface area (Å²) in [4.78, 5) is 4.57. The lowest BCUT2D eigenvalue weighted by Gasteiger charge is -2.08. The van der Waals surface area contributed by atoms with Crippen molar-refractivity contribution in [1.82, 2.24) is 0 Å². The molecule has 0 unspecified atom stereocenters. The molecule has 0 amide bonds. The molecular weight excluding hydrogens is 490 g/mol. The number of aliphatic imine (C=N–C) groups is 1. The zero-order chi connectivity index (χ0) is 27.6. The summed E-state index contributed by atoms with van der Waals surface area (Å²) in [6.07, 6.45) is 15.2. The lowest BCUT2D eigenvalue weighted by molar-refractivity contribution is 0.0114. The number of hydrogen-bond donors (Lipinski definition) is 0. The van der Waals surface area contributed by atoms with Crippen LogP contribution >= 0.6 is 0 Å². The molecule has 218 valence electrons. The van der Waals surface area contributed by atoms with Crippen molar-refractivity contribution in [3.8, 4) is 11.5 Å². The van der Waals surface area contributed by atoms with Crippen LogP contribution < -0.4 is 9.47 Å². The highest BCUT2D eigenvalue weighted by molar-refractivity contribution is 5.82. The molecule has 2 aromatic carbocycles. The van der Waals surface area contributed by atoms with Crippen molar-refractivity contribution in [3.05, 3.63) is 54.1 Å². The number of rotatable bonds is 25. The largest absolute Gasteiger partial charge is 0.494 e. The number of benzene rings is 2. The van der Waals surface area contributed by atoms with Gasteiger partial charge >= 0.3 is 0 Å². The summed E-state index contributed by atoms with van der Waals surface area (Å²) in [5, 5.41) is 0. The van der Waals surface area contributed by atoms with Crippen LogP contribution in [-0.4, -0.2) is 59.1 Å². The van der Waals surface area contributed by atoms with E-state index in [1.54, 1.807) is 0 Å². The van der Waals surface area contributed by atoms with E-state index >= 15 is 0 Å². The van der Waals surface area contributed by atoms with E-state index in [-0.39, 0.29) is 0 Å². The van der Waals surface area contributed by atoms with Gasteiger partial charge in [-0.05, 0) is 67.4 Å². The highest BCUT2D eigenvalue weighted by Crippen LogP contribution is 2.19. The maximum absolute atomic E-state index is 5.91. The normalized spacial score (nSPS) is 11.3. The number of unbranched alkanes of at least 4 members (excludes halogenated alkanes) is 9. The average Bonchev–Trinajstić information content (AvgIpc) is 2.97. The van der Waals surface area contributed by atoms with Crippen molar-refractivity contribution in [2.24, 2.45) is 4.99 Å². The van der Waals surface area contributed by atoms with Crippen LogP contribution in [0.25, 0.3) is 0 Å². The van der Waals surface area contributed by atoms with E-state index in [9.17, 15) is 0 Å². The van der Waals surface area contributed by atoms with E-state index in [0.717, 1.165) is 35.8 Å². The van der Waals surface area contributed by atoms with Crippen LogP contribution in [0.5, 0.6) is 11.5 Å². The van der Waals surface area contributed by atoms with Crippen molar-refractivity contribution in [2.75, 3.05) is 52.9 Å². The molecule has 6 nitrogen and oxygen atoms in total. The average molecular weight is 542 g/mol. The van der Waals surface area contributed by atoms with Gasteiger partial charge < -0.3 is 23.7 Å². The molecule has 2 rings (SSSR count). The van der Waals surface area contributed by atoms with Crippen molar-refractivity contribution in [1.29, 1.82) is 0 Å². The van der Waals surface area contributed by atoms with Crippen molar-refractivity contribution in [3.63, 3.8) is 0 Å². The molecular formula is C33H51NO5. The van der Waals surface area contributed by atoms with Gasteiger partial charge in [0.05, 0.1) is 45.3 Å². The van der Waals surface area contributed by atoms with Crippen LogP contribution in [-0.2, 0) is 14.2 Å². The highest BCUT2D eigenvalue weighted by atomic mass is 16.6. The molecule has 6 heteroatoms. The van der Waals surface area contributed by atoms with Gasteiger partial charge in [-0.15, -0.1) is 0 Å². The maximum Gasteiger partial charge on any atom is 0.119 e. The van der Waals surface area contributed by atoms with Gasteiger partial charge in [0.1, 0.15) is 18.1 Å². The number of nitrogens with zero attached hydrogens (tertiary/aromatic N) is 1. The van der Waals surface area contributed by atoms with Gasteiger partial charge in [0, 0.05) is 12.8 Å². The van der Waals surface area contributed by atoms with E-state index < -0.39 is 0 Å². The van der Waals surface area contributed by atoms with Gasteiger partial charge in [-0.3, -0.25) is 4.99 Å².